The summed E-state index contributed by atoms with van der Waals surface area (Å²) < 4.78 is 18.5. The van der Waals surface area contributed by atoms with E-state index in [9.17, 15) is 4.79 Å². The molecule has 8 unspecified atom stereocenters. The van der Waals surface area contributed by atoms with Gasteiger partial charge in [0, 0.05) is 43.1 Å². The lowest BCUT2D eigenvalue weighted by Crippen LogP contribution is -2.51. The molecular weight excluding hydrogens is 715 g/mol. The lowest BCUT2D eigenvalue weighted by atomic mass is 9.47. The Morgan fingerprint density at radius 1 is 0.793 bits per heavy atom. The summed E-state index contributed by atoms with van der Waals surface area (Å²) in [4.78, 5) is 15.8. The molecule has 5 nitrogen and oxygen atoms in total. The van der Waals surface area contributed by atoms with Crippen molar-refractivity contribution in [3.8, 4) is 0 Å². The average molecular weight is 780 g/mol. The van der Waals surface area contributed by atoms with Crippen LogP contribution in [0.25, 0.3) is 43.3 Å². The molecule has 4 aliphatic carbocycles. The van der Waals surface area contributed by atoms with Crippen molar-refractivity contribution in [2.24, 2.45) is 46.3 Å². The Labute approximate surface area is 345 Å². The van der Waals surface area contributed by atoms with Crippen LogP contribution in [0.15, 0.2) is 83.0 Å². The number of anilines is 1. The van der Waals surface area contributed by atoms with Crippen molar-refractivity contribution in [3.05, 3.63) is 78.6 Å². The Morgan fingerprint density at radius 2 is 1.55 bits per heavy atom. The molecule has 5 heteroatoms. The highest BCUT2D eigenvalue weighted by molar-refractivity contribution is 6.34. The number of allylic oxidation sites excluding steroid dienone is 1. The highest BCUT2D eigenvalue weighted by Crippen LogP contribution is 2.67. The standard InChI is InChI=1S/C53H65NO4/c1-33(2)11-10-12-34(3)44-19-20-45-42-18-17-36-32-38(21-26-52(36,4)46(42)22-27-53(44,45)5)58-51(55)57-37-23-28-54(29-24-37)47-25-30-56-50-41-16-9-8-15-40(41)48-39-14-7-6-13-35(39)31-43(48)49(47)50/h6-9,13-17,25,30-31,33-34,37-38,42,44-46H,10-12,18-24,26-29,32H2,1-5H3. The van der Waals surface area contributed by atoms with E-state index < -0.39 is 6.16 Å². The van der Waals surface area contributed by atoms with Crippen molar-refractivity contribution in [1.82, 2.24) is 0 Å². The number of hydrogen-bond acceptors (Lipinski definition) is 5. The quantitative estimate of drug-likeness (QED) is 0.0892. The number of hydrogen-bond donors (Lipinski definition) is 0. The summed E-state index contributed by atoms with van der Waals surface area (Å²) in [6, 6.07) is 21.7. The summed E-state index contributed by atoms with van der Waals surface area (Å²) in [5, 5.41) is 8.57. The summed E-state index contributed by atoms with van der Waals surface area (Å²) in [6.07, 6.45) is 19.2. The van der Waals surface area contributed by atoms with Crippen LogP contribution >= 0.6 is 0 Å². The highest BCUT2D eigenvalue weighted by Gasteiger charge is 2.59. The molecular formula is C53H65NO4. The predicted molar refractivity (Wildman–Crippen MR) is 238 cm³/mol. The maximum Gasteiger partial charge on any atom is 0.508 e. The fourth-order valence-corrected chi connectivity index (χ4v) is 14.0. The van der Waals surface area contributed by atoms with Gasteiger partial charge in [-0.15, -0.1) is 0 Å². The number of benzene rings is 3. The van der Waals surface area contributed by atoms with Gasteiger partial charge >= 0.3 is 6.16 Å². The molecule has 1 aromatic heterocycles. The van der Waals surface area contributed by atoms with Gasteiger partial charge < -0.3 is 18.8 Å². The van der Waals surface area contributed by atoms with Gasteiger partial charge in [0.2, 0.25) is 0 Å². The summed E-state index contributed by atoms with van der Waals surface area (Å²) in [7, 11) is 0. The van der Waals surface area contributed by atoms with Crippen molar-refractivity contribution in [2.45, 2.75) is 130 Å². The SMILES string of the molecule is CC(C)CCCC(C)C1CCC2C3CC=C4CC(OC(=O)OC5CCN(c6ccoc7c8ccccc8c8c9ccccc9cc8c67)CC5)CCC4(C)C3CCC12C. The minimum Gasteiger partial charge on any atom is -0.464 e. The van der Waals surface area contributed by atoms with E-state index in [1.807, 2.05) is 6.26 Å². The first-order chi connectivity index (χ1) is 28.1. The molecule has 5 aromatic rings. The summed E-state index contributed by atoms with van der Waals surface area (Å²) in [5.74, 6) is 4.98. The maximum absolute atomic E-state index is 13.4. The van der Waals surface area contributed by atoms with Crippen LogP contribution in [0.5, 0.6) is 0 Å². The zero-order chi connectivity index (χ0) is 39.8. The van der Waals surface area contributed by atoms with Crippen LogP contribution in [0.4, 0.5) is 10.5 Å². The van der Waals surface area contributed by atoms with Crippen LogP contribution < -0.4 is 4.90 Å². The molecule has 1 aliphatic heterocycles. The molecule has 10 rings (SSSR count). The molecule has 4 fully saturated rings. The summed E-state index contributed by atoms with van der Waals surface area (Å²) in [5.41, 5.74) is 4.42. The van der Waals surface area contributed by atoms with Crippen LogP contribution in [0, 0.1) is 46.3 Å². The molecule has 58 heavy (non-hydrogen) atoms. The van der Waals surface area contributed by atoms with E-state index in [1.165, 1.54) is 84.0 Å². The Bertz CT molecular complexity index is 2360. The van der Waals surface area contributed by atoms with Gasteiger partial charge in [0.1, 0.15) is 17.8 Å². The zero-order valence-electron chi connectivity index (χ0n) is 35.7. The van der Waals surface area contributed by atoms with E-state index in [0.717, 1.165) is 97.1 Å². The Kier molecular flexibility index (Phi) is 9.84. The molecule has 0 N–H and O–H groups in total. The monoisotopic (exact) mass is 779 g/mol. The molecule has 0 radical (unpaired) electrons. The van der Waals surface area contributed by atoms with E-state index in [2.05, 4.69) is 106 Å². The van der Waals surface area contributed by atoms with E-state index in [4.69, 9.17) is 13.9 Å². The van der Waals surface area contributed by atoms with Crippen LogP contribution in [-0.2, 0) is 9.47 Å². The summed E-state index contributed by atoms with van der Waals surface area (Å²) in [6.45, 7) is 14.2. The normalized spacial score (nSPS) is 30.7. The predicted octanol–water partition coefficient (Wildman–Crippen LogP) is 14.4. The molecule has 5 aliphatic rings. The number of rotatable bonds is 8. The van der Waals surface area contributed by atoms with Gasteiger partial charge in [-0.1, -0.05) is 114 Å². The summed E-state index contributed by atoms with van der Waals surface area (Å²) >= 11 is 0. The zero-order valence-corrected chi connectivity index (χ0v) is 35.7. The van der Waals surface area contributed by atoms with Crippen molar-refractivity contribution in [2.75, 3.05) is 18.0 Å². The smallest absolute Gasteiger partial charge is 0.464 e. The molecule has 3 saturated carbocycles. The van der Waals surface area contributed by atoms with Gasteiger partial charge in [-0.25, -0.2) is 4.79 Å². The van der Waals surface area contributed by atoms with Gasteiger partial charge in [-0.3, -0.25) is 0 Å². The van der Waals surface area contributed by atoms with Crippen molar-refractivity contribution in [3.63, 3.8) is 0 Å². The van der Waals surface area contributed by atoms with E-state index in [0.29, 0.717) is 5.41 Å². The first kappa shape index (κ1) is 38.2. The van der Waals surface area contributed by atoms with Gasteiger partial charge in [0.25, 0.3) is 0 Å². The largest absolute Gasteiger partial charge is 0.508 e. The van der Waals surface area contributed by atoms with Crippen molar-refractivity contribution < 1.29 is 18.7 Å². The van der Waals surface area contributed by atoms with Crippen molar-refractivity contribution in [1.29, 1.82) is 0 Å². The van der Waals surface area contributed by atoms with Gasteiger partial charge in [0.05, 0.1) is 12.0 Å². The second-order valence-corrected chi connectivity index (χ2v) is 20.4. The van der Waals surface area contributed by atoms with Gasteiger partial charge in [-0.05, 0) is 130 Å². The van der Waals surface area contributed by atoms with Crippen LogP contribution in [-0.4, -0.2) is 31.5 Å². The second-order valence-electron chi connectivity index (χ2n) is 20.4. The third-order valence-electron chi connectivity index (χ3n) is 17.0. The number of fused-ring (bicyclic) bond motifs is 13. The molecule has 8 atom stereocenters. The third-order valence-corrected chi connectivity index (χ3v) is 17.0. The third kappa shape index (κ3) is 6.35. The number of carbonyl (C=O) groups excluding carboxylic acids is 1. The Hall–Kier alpha value is -3.99. The van der Waals surface area contributed by atoms with Crippen molar-refractivity contribution >= 4 is 55.1 Å². The molecule has 0 bridgehead atoms. The van der Waals surface area contributed by atoms with E-state index in [-0.39, 0.29) is 17.6 Å². The number of piperidine rings is 1. The number of carbonyl (C=O) groups is 1. The second kappa shape index (κ2) is 14.9. The van der Waals surface area contributed by atoms with E-state index in [1.54, 1.807) is 5.57 Å². The Balaban J connectivity index is 0.778. The van der Waals surface area contributed by atoms with Gasteiger partial charge in [0.15, 0.2) is 0 Å². The van der Waals surface area contributed by atoms with Crippen LogP contribution in [0.3, 0.4) is 0 Å². The minimum atomic E-state index is -0.477. The molecule has 0 spiro atoms. The number of ether oxygens (including phenoxy) is 2. The molecule has 4 aromatic carbocycles. The first-order valence-electron chi connectivity index (χ1n) is 23.2. The fraction of sp³-hybridized carbons (Fsp3) is 0.566. The maximum atomic E-state index is 13.4. The lowest BCUT2D eigenvalue weighted by molar-refractivity contribution is -0.0643. The lowest BCUT2D eigenvalue weighted by Gasteiger charge is -2.58. The topological polar surface area (TPSA) is 51.9 Å². The minimum absolute atomic E-state index is 0.0865. The van der Waals surface area contributed by atoms with Crippen LogP contribution in [0.2, 0.25) is 0 Å². The fourth-order valence-electron chi connectivity index (χ4n) is 14.0. The average Bonchev–Trinajstić information content (AvgIpc) is 3.79. The van der Waals surface area contributed by atoms with E-state index >= 15 is 0 Å². The first-order valence-corrected chi connectivity index (χ1v) is 23.2. The number of nitrogens with zero attached hydrogens (tertiary/aromatic N) is 1. The Morgan fingerprint density at radius 3 is 2.36 bits per heavy atom. The van der Waals surface area contributed by atoms with Gasteiger partial charge in [-0.2, -0.15) is 0 Å². The van der Waals surface area contributed by atoms with Crippen LogP contribution in [0.1, 0.15) is 118 Å². The molecule has 306 valence electrons. The molecule has 0 amide bonds. The molecule has 1 saturated heterocycles. The highest BCUT2D eigenvalue weighted by atomic mass is 16.7. The molecule has 2 heterocycles.